The highest BCUT2D eigenvalue weighted by Gasteiger charge is 2.13. The Hall–Kier alpha value is -2.48. The molecule has 114 valence electrons. The molecule has 0 aliphatic carbocycles. The molecule has 1 unspecified atom stereocenters. The molecule has 0 saturated heterocycles. The number of hydrogen-bond acceptors (Lipinski definition) is 1. The molecule has 1 heterocycles. The maximum Gasteiger partial charge on any atom is 0.145 e. The van der Waals surface area contributed by atoms with Gasteiger partial charge in [-0.15, -0.1) is 9.24 Å². The van der Waals surface area contributed by atoms with Crippen molar-refractivity contribution in [3.8, 4) is 17.1 Å². The summed E-state index contributed by atoms with van der Waals surface area (Å²) in [5.74, 6) is 0.969. The van der Waals surface area contributed by atoms with Crippen LogP contribution in [0.1, 0.15) is 0 Å². The van der Waals surface area contributed by atoms with Crippen LogP contribution >= 0.6 is 9.24 Å². The van der Waals surface area contributed by atoms with Crippen LogP contribution < -0.4 is 5.30 Å². The van der Waals surface area contributed by atoms with E-state index in [1.165, 1.54) is 0 Å². The summed E-state index contributed by atoms with van der Waals surface area (Å²) in [5.41, 5.74) is 4.38. The molecule has 1 atom stereocenters. The number of fused-ring (bicyclic) bond motifs is 1. The van der Waals surface area contributed by atoms with Gasteiger partial charge in [-0.2, -0.15) is 0 Å². The maximum atomic E-state index is 4.85. The number of aromatic nitrogens is 2. The second kappa shape index (κ2) is 6.33. The number of benzene rings is 3. The predicted octanol–water partition coefficient (Wildman–Crippen LogP) is 3.37. The van der Waals surface area contributed by atoms with Crippen molar-refractivity contribution in [2.24, 2.45) is 0 Å². The lowest BCUT2D eigenvalue weighted by atomic mass is 10.2. The van der Waals surface area contributed by atoms with E-state index >= 15 is 0 Å². The quantitative estimate of drug-likeness (QED) is 0.522. The van der Waals surface area contributed by atoms with E-state index in [-0.39, 0.29) is 5.48 Å². The molecular formula is C19H17N2OP. The molecule has 0 spiro atoms. The Morgan fingerprint density at radius 1 is 0.783 bits per heavy atom. The lowest BCUT2D eigenvalue weighted by Gasteiger charge is -2.09. The first kappa shape index (κ1) is 15.4. The summed E-state index contributed by atoms with van der Waals surface area (Å²) in [7, 11) is 2.75. The molecule has 3 aromatic carbocycles. The highest BCUT2D eigenvalue weighted by atomic mass is 31.0. The molecule has 0 radical (unpaired) electrons. The second-order valence-corrected chi connectivity index (χ2v) is 5.89. The predicted molar refractivity (Wildman–Crippen MR) is 99.5 cm³/mol. The van der Waals surface area contributed by atoms with E-state index in [2.05, 4.69) is 80.5 Å². The average Bonchev–Trinajstić information content (AvgIpc) is 2.95. The number of imidazole rings is 1. The molecule has 4 heteroatoms. The summed E-state index contributed by atoms with van der Waals surface area (Å²) < 4.78 is 2.22. The first-order valence-electron chi connectivity index (χ1n) is 7.22. The molecule has 0 fully saturated rings. The molecule has 0 amide bonds. The van der Waals surface area contributed by atoms with Gasteiger partial charge in [0.2, 0.25) is 0 Å². The molecule has 2 N–H and O–H groups in total. The minimum Gasteiger partial charge on any atom is -0.412 e. The van der Waals surface area contributed by atoms with E-state index < -0.39 is 0 Å². The fourth-order valence-electron chi connectivity index (χ4n) is 2.74. The largest absolute Gasteiger partial charge is 0.412 e. The fraction of sp³-hybridized carbons (Fsp3) is 0. The van der Waals surface area contributed by atoms with Gasteiger partial charge in [0.15, 0.2) is 0 Å². The summed E-state index contributed by atoms with van der Waals surface area (Å²) in [6.45, 7) is 0. The van der Waals surface area contributed by atoms with Crippen molar-refractivity contribution in [2.75, 3.05) is 0 Å². The number of hydrogen-bond donors (Lipinski definition) is 0. The van der Waals surface area contributed by atoms with Crippen LogP contribution in [0.3, 0.4) is 0 Å². The first-order chi connectivity index (χ1) is 10.8. The first-order valence-corrected chi connectivity index (χ1v) is 7.79. The van der Waals surface area contributed by atoms with Crippen molar-refractivity contribution in [1.82, 2.24) is 9.55 Å². The van der Waals surface area contributed by atoms with Crippen LogP contribution in [0.15, 0.2) is 78.9 Å². The summed E-state index contributed by atoms with van der Waals surface area (Å²) in [5, 5.41) is 1.16. The maximum absolute atomic E-state index is 4.85. The summed E-state index contributed by atoms with van der Waals surface area (Å²) in [4.78, 5) is 4.85. The van der Waals surface area contributed by atoms with Crippen molar-refractivity contribution in [3.63, 3.8) is 0 Å². The van der Waals surface area contributed by atoms with Crippen LogP contribution in [0, 0.1) is 0 Å². The van der Waals surface area contributed by atoms with Gasteiger partial charge in [-0.1, -0.05) is 48.5 Å². The smallest absolute Gasteiger partial charge is 0.145 e. The zero-order valence-corrected chi connectivity index (χ0v) is 13.6. The molecule has 0 aliphatic rings. The molecule has 4 aromatic rings. The van der Waals surface area contributed by atoms with Crippen LogP contribution in [-0.2, 0) is 0 Å². The Kier molecular flexibility index (Phi) is 4.24. The highest BCUT2D eigenvalue weighted by molar-refractivity contribution is 7.27. The number of rotatable bonds is 2. The normalized spacial score (nSPS) is 10.5. The van der Waals surface area contributed by atoms with E-state index in [1.54, 1.807) is 0 Å². The van der Waals surface area contributed by atoms with Gasteiger partial charge in [0, 0.05) is 11.3 Å². The lowest BCUT2D eigenvalue weighted by molar-refractivity contribution is 0.824. The van der Waals surface area contributed by atoms with Gasteiger partial charge in [0.25, 0.3) is 0 Å². The lowest BCUT2D eigenvalue weighted by Crippen LogP contribution is -1.99. The van der Waals surface area contributed by atoms with Gasteiger partial charge in [0.05, 0.1) is 11.0 Å². The Balaban J connectivity index is 0.00000156. The number of para-hydroxylation sites is 3. The summed E-state index contributed by atoms with van der Waals surface area (Å²) in [6.07, 6.45) is 0. The van der Waals surface area contributed by atoms with Crippen LogP contribution in [0.4, 0.5) is 0 Å². The minimum absolute atomic E-state index is 0. The SMILES string of the molecule is O.Pc1cccc(-c2nc3ccccc3n2-c2ccccc2)c1. The van der Waals surface area contributed by atoms with Crippen molar-refractivity contribution in [3.05, 3.63) is 78.9 Å². The second-order valence-electron chi connectivity index (χ2n) is 5.22. The van der Waals surface area contributed by atoms with E-state index in [0.717, 1.165) is 33.4 Å². The van der Waals surface area contributed by atoms with E-state index in [9.17, 15) is 0 Å². The van der Waals surface area contributed by atoms with E-state index in [0.29, 0.717) is 0 Å². The van der Waals surface area contributed by atoms with Crippen molar-refractivity contribution >= 4 is 25.6 Å². The van der Waals surface area contributed by atoms with Crippen molar-refractivity contribution in [2.45, 2.75) is 0 Å². The van der Waals surface area contributed by atoms with Crippen LogP contribution in [0.5, 0.6) is 0 Å². The molecule has 3 nitrogen and oxygen atoms in total. The topological polar surface area (TPSA) is 49.3 Å². The minimum atomic E-state index is 0. The monoisotopic (exact) mass is 320 g/mol. The molecule has 0 saturated carbocycles. The summed E-state index contributed by atoms with van der Waals surface area (Å²) >= 11 is 0. The molecule has 23 heavy (non-hydrogen) atoms. The van der Waals surface area contributed by atoms with E-state index in [4.69, 9.17) is 4.98 Å². The zero-order chi connectivity index (χ0) is 14.9. The third-order valence-corrected chi connectivity index (χ3v) is 4.08. The van der Waals surface area contributed by atoms with Crippen molar-refractivity contribution in [1.29, 1.82) is 0 Å². The van der Waals surface area contributed by atoms with Crippen LogP contribution in [0.2, 0.25) is 0 Å². The van der Waals surface area contributed by atoms with Gasteiger partial charge in [-0.3, -0.25) is 4.57 Å². The molecule has 0 aliphatic heterocycles. The molecule has 1 aromatic heterocycles. The molecule has 4 rings (SSSR count). The van der Waals surface area contributed by atoms with Gasteiger partial charge < -0.3 is 5.48 Å². The highest BCUT2D eigenvalue weighted by Crippen LogP contribution is 2.28. The van der Waals surface area contributed by atoms with Crippen LogP contribution in [0.25, 0.3) is 28.1 Å². The van der Waals surface area contributed by atoms with Gasteiger partial charge in [-0.25, -0.2) is 4.98 Å². The Labute approximate surface area is 137 Å². The standard InChI is InChI=1S/C19H15N2P.H2O/c22-16-10-6-7-14(13-16)19-20-17-11-4-5-12-18(17)21(19)15-8-2-1-3-9-15;/h1-13H,22H2;1H2. The fourth-order valence-corrected chi connectivity index (χ4v) is 3.03. The van der Waals surface area contributed by atoms with Crippen LogP contribution in [-0.4, -0.2) is 15.0 Å². The van der Waals surface area contributed by atoms with Crippen molar-refractivity contribution < 1.29 is 5.48 Å². The van der Waals surface area contributed by atoms with Gasteiger partial charge in [0.1, 0.15) is 5.82 Å². The van der Waals surface area contributed by atoms with Gasteiger partial charge in [-0.05, 0) is 35.6 Å². The molecular weight excluding hydrogens is 303 g/mol. The third kappa shape index (κ3) is 2.77. The summed E-state index contributed by atoms with van der Waals surface area (Å²) in [6, 6.07) is 27.0. The Morgan fingerprint density at radius 3 is 2.30 bits per heavy atom. The Bertz CT molecular complexity index is 948. The van der Waals surface area contributed by atoms with E-state index in [1.807, 2.05) is 12.1 Å². The third-order valence-electron chi connectivity index (χ3n) is 3.72. The zero-order valence-electron chi connectivity index (χ0n) is 12.5. The Morgan fingerprint density at radius 2 is 1.52 bits per heavy atom. The average molecular weight is 320 g/mol. The number of nitrogens with zero attached hydrogens (tertiary/aromatic N) is 2. The molecule has 0 bridgehead atoms. The van der Waals surface area contributed by atoms with Gasteiger partial charge >= 0.3 is 0 Å².